The number of hydrogen-bond acceptors (Lipinski definition) is 6. The maximum atomic E-state index is 13.0. The summed E-state index contributed by atoms with van der Waals surface area (Å²) in [6.07, 6.45) is 0. The number of benzene rings is 3. The Labute approximate surface area is 176 Å². The fourth-order valence-corrected chi connectivity index (χ4v) is 4.23. The molecule has 5 rings (SSSR count). The Kier molecular flexibility index (Phi) is 4.01. The summed E-state index contributed by atoms with van der Waals surface area (Å²) in [5.41, 5.74) is 7.21. The normalized spacial score (nSPS) is 16.3. The van der Waals surface area contributed by atoms with Gasteiger partial charge in [0, 0.05) is 27.4 Å². The van der Waals surface area contributed by atoms with Crippen LogP contribution in [-0.2, 0) is 9.59 Å². The standard InChI is InChI=1S/C24H17N3O4/c1-11(12-6-3-2-4-7-12)26-20-17-15(19(25)21(28)22(20)29)10-13-8-5-9-14-16(13)18(17)24(31)27-23(14)30/h2-11,26H,25H2,1H3,(H,27,30,31). The lowest BCUT2D eigenvalue weighted by molar-refractivity contribution is -0.130. The second-order valence-electron chi connectivity index (χ2n) is 7.58. The van der Waals surface area contributed by atoms with Crippen molar-refractivity contribution >= 4 is 45.5 Å². The predicted octanol–water partition coefficient (Wildman–Crippen LogP) is 0.401. The van der Waals surface area contributed by atoms with Gasteiger partial charge in [-0.15, -0.1) is 0 Å². The Balaban J connectivity index is 1.92. The molecule has 152 valence electrons. The number of imide groups is 1. The molecule has 0 aromatic heterocycles. The first-order chi connectivity index (χ1) is 14.9. The zero-order chi connectivity index (χ0) is 21.9. The predicted molar refractivity (Wildman–Crippen MR) is 114 cm³/mol. The molecule has 1 heterocycles. The molecule has 0 fully saturated rings. The van der Waals surface area contributed by atoms with Gasteiger partial charge in [0.05, 0.1) is 17.0 Å². The van der Waals surface area contributed by atoms with Crippen LogP contribution in [0.25, 0.3) is 22.2 Å². The summed E-state index contributed by atoms with van der Waals surface area (Å²) in [6.45, 7) is 1.85. The molecule has 31 heavy (non-hydrogen) atoms. The van der Waals surface area contributed by atoms with Crippen molar-refractivity contribution in [2.45, 2.75) is 13.0 Å². The smallest absolute Gasteiger partial charge is 0.259 e. The molecule has 3 aromatic carbocycles. The van der Waals surface area contributed by atoms with Crippen LogP contribution < -0.4 is 26.8 Å². The van der Waals surface area contributed by atoms with E-state index < -0.39 is 23.4 Å². The van der Waals surface area contributed by atoms with E-state index in [1.54, 1.807) is 24.3 Å². The summed E-state index contributed by atoms with van der Waals surface area (Å²) in [7, 11) is 0. The number of nitrogens with one attached hydrogen (secondary N) is 2. The lowest BCUT2D eigenvalue weighted by Gasteiger charge is -2.23. The molecule has 7 nitrogen and oxygen atoms in total. The zero-order valence-electron chi connectivity index (χ0n) is 16.5. The van der Waals surface area contributed by atoms with Crippen molar-refractivity contribution in [2.75, 3.05) is 0 Å². The third kappa shape index (κ3) is 2.67. The molecule has 2 amide bonds. The van der Waals surface area contributed by atoms with E-state index in [4.69, 9.17) is 5.73 Å². The van der Waals surface area contributed by atoms with Crippen LogP contribution in [0, 0.1) is 0 Å². The minimum atomic E-state index is -0.828. The number of carbonyl (C=O) groups is 4. The van der Waals surface area contributed by atoms with Gasteiger partial charge in [-0.05, 0) is 30.0 Å². The van der Waals surface area contributed by atoms with E-state index in [2.05, 4.69) is 10.6 Å². The Morgan fingerprint density at radius 3 is 2.39 bits per heavy atom. The van der Waals surface area contributed by atoms with Crippen molar-refractivity contribution < 1.29 is 19.2 Å². The van der Waals surface area contributed by atoms with Gasteiger partial charge in [-0.2, -0.15) is 0 Å². The van der Waals surface area contributed by atoms with Gasteiger partial charge in [0.2, 0.25) is 0 Å². The molecule has 1 atom stereocenters. The number of rotatable bonds is 3. The summed E-state index contributed by atoms with van der Waals surface area (Å²) in [6, 6.07) is 15.8. The number of carbonyl (C=O) groups excluding carboxylic acids is 4. The number of hydrogen-bond donors (Lipinski definition) is 3. The molecular weight excluding hydrogens is 394 g/mol. The van der Waals surface area contributed by atoms with Crippen molar-refractivity contribution in [1.29, 1.82) is 0 Å². The molecule has 0 saturated heterocycles. The number of ketones is 2. The van der Waals surface area contributed by atoms with Crippen LogP contribution in [0.5, 0.6) is 0 Å². The molecule has 0 saturated carbocycles. The maximum Gasteiger partial charge on any atom is 0.259 e. The summed E-state index contributed by atoms with van der Waals surface area (Å²) in [4.78, 5) is 50.9. The number of amides is 2. The van der Waals surface area contributed by atoms with Crippen molar-refractivity contribution in [2.24, 2.45) is 5.73 Å². The minimum Gasteiger partial charge on any atom is -0.395 e. The van der Waals surface area contributed by atoms with Crippen LogP contribution in [0.3, 0.4) is 0 Å². The molecule has 0 radical (unpaired) electrons. The van der Waals surface area contributed by atoms with E-state index in [9.17, 15) is 19.2 Å². The second-order valence-corrected chi connectivity index (χ2v) is 7.58. The molecule has 0 spiro atoms. The van der Waals surface area contributed by atoms with Gasteiger partial charge in [-0.3, -0.25) is 24.5 Å². The van der Waals surface area contributed by atoms with Gasteiger partial charge >= 0.3 is 0 Å². The monoisotopic (exact) mass is 411 g/mol. The van der Waals surface area contributed by atoms with E-state index >= 15 is 0 Å². The quantitative estimate of drug-likeness (QED) is 0.424. The average Bonchev–Trinajstić information content (AvgIpc) is 2.78. The van der Waals surface area contributed by atoms with Crippen molar-refractivity contribution in [3.63, 3.8) is 0 Å². The highest BCUT2D eigenvalue weighted by Crippen LogP contribution is 2.24. The van der Waals surface area contributed by atoms with Crippen LogP contribution in [0.4, 0.5) is 0 Å². The van der Waals surface area contributed by atoms with Crippen LogP contribution in [0.15, 0.2) is 54.6 Å². The highest BCUT2D eigenvalue weighted by Gasteiger charge is 2.34. The lowest BCUT2D eigenvalue weighted by Crippen LogP contribution is -2.52. The Hall–Kier alpha value is -4.26. The summed E-state index contributed by atoms with van der Waals surface area (Å²) in [5, 5.41) is 7.03. The van der Waals surface area contributed by atoms with Crippen molar-refractivity contribution in [3.05, 3.63) is 81.7 Å². The summed E-state index contributed by atoms with van der Waals surface area (Å²) in [5.74, 6) is -2.78. The number of fused-ring (bicyclic) bond motifs is 2. The molecule has 1 aliphatic heterocycles. The summed E-state index contributed by atoms with van der Waals surface area (Å²) >= 11 is 0. The van der Waals surface area contributed by atoms with Crippen molar-refractivity contribution in [3.8, 4) is 0 Å². The van der Waals surface area contributed by atoms with Crippen LogP contribution in [-0.4, -0.2) is 23.4 Å². The van der Waals surface area contributed by atoms with E-state index in [-0.39, 0.29) is 28.2 Å². The van der Waals surface area contributed by atoms with Crippen LogP contribution in [0.2, 0.25) is 0 Å². The third-order valence-corrected chi connectivity index (χ3v) is 5.74. The summed E-state index contributed by atoms with van der Waals surface area (Å²) < 4.78 is 0. The van der Waals surface area contributed by atoms with Gasteiger partial charge in [-0.25, -0.2) is 0 Å². The van der Waals surface area contributed by atoms with Gasteiger partial charge in [-0.1, -0.05) is 42.5 Å². The van der Waals surface area contributed by atoms with Gasteiger partial charge in [0.15, 0.2) is 0 Å². The van der Waals surface area contributed by atoms with Gasteiger partial charge < -0.3 is 11.1 Å². The third-order valence-electron chi connectivity index (χ3n) is 5.74. The van der Waals surface area contributed by atoms with Crippen molar-refractivity contribution in [1.82, 2.24) is 10.6 Å². The van der Waals surface area contributed by atoms with E-state index in [1.807, 2.05) is 37.3 Å². The second kappa shape index (κ2) is 6.63. The van der Waals surface area contributed by atoms with E-state index in [1.165, 1.54) is 0 Å². The molecular formula is C24H17N3O4. The lowest BCUT2D eigenvalue weighted by atomic mass is 9.88. The van der Waals surface area contributed by atoms with Gasteiger partial charge in [0.1, 0.15) is 0 Å². The first kappa shape index (κ1) is 18.7. The first-order valence-electron chi connectivity index (χ1n) is 9.74. The molecule has 4 N–H and O–H groups in total. The van der Waals surface area contributed by atoms with E-state index in [0.717, 1.165) is 5.56 Å². The zero-order valence-corrected chi connectivity index (χ0v) is 16.5. The molecule has 7 heteroatoms. The highest BCUT2D eigenvalue weighted by atomic mass is 16.2. The van der Waals surface area contributed by atoms with Crippen LogP contribution >= 0.6 is 0 Å². The Morgan fingerprint density at radius 1 is 0.903 bits per heavy atom. The topological polar surface area (TPSA) is 118 Å². The fraction of sp³-hybridized carbons (Fsp3) is 0.0833. The minimum absolute atomic E-state index is 0.00163. The molecule has 3 aromatic rings. The first-order valence-corrected chi connectivity index (χ1v) is 9.74. The molecule has 2 aliphatic rings. The average molecular weight is 411 g/mol. The SMILES string of the molecule is CC(NC1=c2c3c4c(cccc4cc2=C(N)C(=O)C1=O)C(=O)NC3=O)c1ccccc1. The van der Waals surface area contributed by atoms with E-state index in [0.29, 0.717) is 21.6 Å². The Morgan fingerprint density at radius 2 is 1.65 bits per heavy atom. The Bertz CT molecular complexity index is 1470. The molecule has 1 aliphatic carbocycles. The van der Waals surface area contributed by atoms with Gasteiger partial charge in [0.25, 0.3) is 23.4 Å². The maximum absolute atomic E-state index is 13.0. The number of Topliss-reactive ketones (excluding diaryl/α,β-unsaturated/α-hetero) is 2. The molecule has 0 bridgehead atoms. The van der Waals surface area contributed by atoms with Crippen LogP contribution in [0.1, 0.15) is 39.2 Å². The fourth-order valence-electron chi connectivity index (χ4n) is 4.23. The highest BCUT2D eigenvalue weighted by molar-refractivity contribution is 6.62. The number of nitrogens with two attached hydrogens (primary N) is 1. The molecule has 1 unspecified atom stereocenters. The largest absolute Gasteiger partial charge is 0.395 e.